The molecule has 0 radical (unpaired) electrons. The van der Waals surface area contributed by atoms with E-state index in [2.05, 4.69) is 68.8 Å². The van der Waals surface area contributed by atoms with Gasteiger partial charge in [-0.1, -0.05) is 42.5 Å². The van der Waals surface area contributed by atoms with Crippen LogP contribution in [0.15, 0.2) is 102 Å². The summed E-state index contributed by atoms with van der Waals surface area (Å²) >= 11 is 3.63. The Hall–Kier alpha value is -6.09. The fourth-order valence-corrected chi connectivity index (χ4v) is 10.8. The molecule has 6 aromatic rings. The van der Waals surface area contributed by atoms with Gasteiger partial charge in [-0.2, -0.15) is 10.1 Å². The van der Waals surface area contributed by atoms with Gasteiger partial charge in [0.15, 0.2) is 0 Å². The van der Waals surface area contributed by atoms with Crippen LogP contribution in [0.3, 0.4) is 0 Å². The van der Waals surface area contributed by atoms with Crippen LogP contribution in [0.1, 0.15) is 37.2 Å². The normalized spacial score (nSPS) is 17.5. The molecule has 5 heterocycles. The third kappa shape index (κ3) is 9.72. The number of hydrogen-bond donors (Lipinski definition) is 3. The molecule has 3 saturated heterocycles. The highest BCUT2D eigenvalue weighted by molar-refractivity contribution is 9.10. The van der Waals surface area contributed by atoms with E-state index in [1.54, 1.807) is 37.4 Å². The third-order valence-corrected chi connectivity index (χ3v) is 15.0. The van der Waals surface area contributed by atoms with Crippen LogP contribution < -0.4 is 35.8 Å². The average molecular weight is 976 g/mol. The monoisotopic (exact) mass is 974 g/mol. The van der Waals surface area contributed by atoms with E-state index in [0.717, 1.165) is 72.3 Å². The van der Waals surface area contributed by atoms with Crippen LogP contribution in [0.25, 0.3) is 22.3 Å². The lowest BCUT2D eigenvalue weighted by atomic mass is 9.90. The number of benzene rings is 4. The highest BCUT2D eigenvalue weighted by Gasteiger charge is 2.32. The Morgan fingerprint density at radius 2 is 1.58 bits per heavy atom. The summed E-state index contributed by atoms with van der Waals surface area (Å²) in [5, 5.41) is 14.4. The predicted octanol–water partition coefficient (Wildman–Crippen LogP) is 8.50. The van der Waals surface area contributed by atoms with Gasteiger partial charge in [0.05, 0.1) is 40.8 Å². The van der Waals surface area contributed by atoms with Crippen LogP contribution in [0.4, 0.5) is 38.9 Å². The summed E-state index contributed by atoms with van der Waals surface area (Å²) in [6, 6.07) is 25.6. The summed E-state index contributed by atoms with van der Waals surface area (Å²) in [5.41, 5.74) is 7.55. The molecule has 17 heteroatoms. The zero-order chi connectivity index (χ0) is 46.1. The molecule has 1 unspecified atom stereocenters. The van der Waals surface area contributed by atoms with Crippen molar-refractivity contribution in [2.24, 2.45) is 7.05 Å². The molecular weight excluding hydrogens is 922 g/mol. The number of carbonyl (C=O) groups excluding carboxylic acids is 2. The molecule has 0 saturated carbocycles. The standard InChI is InChI=1S/C49H53BrFN10O4P/c1-58-30-34(28-53-58)37-26-41(55-49-52-29-38(50)47(57-49)54-40-13-10-32(25-45(40)66(3,4)64)31-8-6-5-7-9-31)44(65-2)27-43(37)60-18-16-35(17-19-60)59-20-22-61(23-21-59)42-14-11-33(24-39(42)51)36-12-15-46(62)56-48(36)63/h5-11,13-14,24-30,35-36H,12,15-23H2,1-4H3,(H,56,62,63)(H2,52,54,55,57). The van der Waals surface area contributed by atoms with Crippen molar-refractivity contribution >= 4 is 74.7 Å². The van der Waals surface area contributed by atoms with Gasteiger partial charge in [-0.15, -0.1) is 0 Å². The van der Waals surface area contributed by atoms with Gasteiger partial charge in [0, 0.05) is 99.4 Å². The largest absolute Gasteiger partial charge is 0.494 e. The number of imide groups is 1. The molecule has 2 amide bonds. The number of methoxy groups -OCH3 is 1. The molecule has 0 spiro atoms. The highest BCUT2D eigenvalue weighted by Crippen LogP contribution is 2.43. The second-order valence-corrected chi connectivity index (χ2v) is 21.6. The van der Waals surface area contributed by atoms with Gasteiger partial charge in [0.2, 0.25) is 17.8 Å². The number of nitrogens with one attached hydrogen (secondary N) is 3. The van der Waals surface area contributed by atoms with Crippen LogP contribution >= 0.6 is 23.1 Å². The van der Waals surface area contributed by atoms with Crippen LogP contribution in [0, 0.1) is 5.82 Å². The Labute approximate surface area is 392 Å². The maximum Gasteiger partial charge on any atom is 0.234 e. The van der Waals surface area contributed by atoms with Gasteiger partial charge in [-0.05, 0) is 95.5 Å². The van der Waals surface area contributed by atoms with E-state index in [0.29, 0.717) is 70.2 Å². The lowest BCUT2D eigenvalue weighted by Gasteiger charge is -2.44. The van der Waals surface area contributed by atoms with E-state index in [-0.39, 0.29) is 24.1 Å². The van der Waals surface area contributed by atoms with E-state index < -0.39 is 13.1 Å². The molecule has 66 heavy (non-hydrogen) atoms. The van der Waals surface area contributed by atoms with Gasteiger partial charge in [-0.3, -0.25) is 24.5 Å². The average Bonchev–Trinajstić information content (AvgIpc) is 3.76. The van der Waals surface area contributed by atoms with Crippen molar-refractivity contribution in [2.75, 3.05) is 80.1 Å². The number of rotatable bonds is 12. The van der Waals surface area contributed by atoms with Crippen LogP contribution in [-0.4, -0.2) is 102 Å². The molecule has 3 aliphatic rings. The number of aromatic nitrogens is 4. The van der Waals surface area contributed by atoms with E-state index in [9.17, 15) is 14.2 Å². The topological polar surface area (TPSA) is 150 Å². The first-order chi connectivity index (χ1) is 31.8. The third-order valence-electron chi connectivity index (χ3n) is 12.9. The highest BCUT2D eigenvalue weighted by atomic mass is 79.9. The molecule has 3 N–H and O–H groups in total. The smallest absolute Gasteiger partial charge is 0.234 e. The van der Waals surface area contributed by atoms with Crippen LogP contribution in [0.5, 0.6) is 5.75 Å². The molecule has 2 aromatic heterocycles. The fraction of sp³-hybridized carbons (Fsp3) is 0.327. The lowest BCUT2D eigenvalue weighted by molar-refractivity contribution is -0.134. The minimum absolute atomic E-state index is 0.257. The molecule has 9 rings (SSSR count). The molecule has 342 valence electrons. The van der Waals surface area contributed by atoms with Crippen LogP contribution in [-0.2, 0) is 21.2 Å². The minimum Gasteiger partial charge on any atom is -0.494 e. The first-order valence-electron chi connectivity index (χ1n) is 22.2. The Balaban J connectivity index is 0.890. The zero-order valence-electron chi connectivity index (χ0n) is 37.4. The van der Waals surface area contributed by atoms with E-state index in [1.807, 2.05) is 74.0 Å². The van der Waals surface area contributed by atoms with Crippen molar-refractivity contribution in [3.8, 4) is 28.0 Å². The summed E-state index contributed by atoms with van der Waals surface area (Å²) in [6.07, 6.45) is 8.14. The first kappa shape index (κ1) is 45.1. The number of piperidine rings is 2. The van der Waals surface area contributed by atoms with Gasteiger partial charge < -0.3 is 29.7 Å². The number of nitrogens with zero attached hydrogens (tertiary/aromatic N) is 7. The van der Waals surface area contributed by atoms with E-state index >= 15 is 4.39 Å². The van der Waals surface area contributed by atoms with Crippen molar-refractivity contribution in [2.45, 2.75) is 37.6 Å². The Morgan fingerprint density at radius 3 is 2.26 bits per heavy atom. The second-order valence-electron chi connectivity index (χ2n) is 17.5. The van der Waals surface area contributed by atoms with E-state index in [4.69, 9.17) is 9.72 Å². The summed E-state index contributed by atoms with van der Waals surface area (Å²) in [4.78, 5) is 40.5. The maximum absolute atomic E-state index is 15.5. The van der Waals surface area contributed by atoms with Crippen molar-refractivity contribution < 1.29 is 23.3 Å². The maximum atomic E-state index is 15.5. The van der Waals surface area contributed by atoms with Crippen molar-refractivity contribution in [3.63, 3.8) is 0 Å². The van der Waals surface area contributed by atoms with Crippen molar-refractivity contribution in [1.29, 1.82) is 0 Å². The second kappa shape index (κ2) is 19.0. The summed E-state index contributed by atoms with van der Waals surface area (Å²) in [6.45, 7) is 8.27. The van der Waals surface area contributed by atoms with Gasteiger partial charge in [0.25, 0.3) is 0 Å². The Bertz CT molecular complexity index is 2820. The summed E-state index contributed by atoms with van der Waals surface area (Å²) in [5.74, 6) is -0.0146. The Morgan fingerprint density at radius 1 is 0.818 bits per heavy atom. The molecule has 3 fully saturated rings. The molecule has 0 bridgehead atoms. The van der Waals surface area contributed by atoms with Gasteiger partial charge in [0.1, 0.15) is 24.5 Å². The number of halogens is 2. The fourth-order valence-electron chi connectivity index (χ4n) is 9.35. The Kier molecular flexibility index (Phi) is 13.0. The minimum atomic E-state index is -2.71. The summed E-state index contributed by atoms with van der Waals surface area (Å²) in [7, 11) is 0.850. The number of ether oxygens (including phenoxy) is 1. The quantitative estimate of drug-likeness (QED) is 0.0798. The molecule has 0 aliphatic carbocycles. The number of amides is 2. The number of carbonyl (C=O) groups is 2. The lowest BCUT2D eigenvalue weighted by Crippen LogP contribution is -2.53. The van der Waals surface area contributed by atoms with E-state index in [1.165, 1.54) is 6.07 Å². The molecule has 4 aromatic carbocycles. The predicted molar refractivity (Wildman–Crippen MR) is 263 cm³/mol. The zero-order valence-corrected chi connectivity index (χ0v) is 39.9. The van der Waals surface area contributed by atoms with Crippen molar-refractivity contribution in [3.05, 3.63) is 113 Å². The van der Waals surface area contributed by atoms with Crippen LogP contribution in [0.2, 0.25) is 0 Å². The first-order valence-corrected chi connectivity index (χ1v) is 25.6. The molecular formula is C49H53BrFN10O4P. The SMILES string of the molecule is COc1cc(N2CCC(N3CCN(c4ccc(C5CCC(=O)NC5=O)cc4F)CC3)CC2)c(-c2cnn(C)c2)cc1Nc1ncc(Br)c(Nc2ccc(-c3ccccc3)cc2P(C)(C)=O)n1. The van der Waals surface area contributed by atoms with Gasteiger partial charge >= 0.3 is 0 Å². The van der Waals surface area contributed by atoms with Crippen molar-refractivity contribution in [1.82, 2.24) is 30.0 Å². The van der Waals surface area contributed by atoms with Gasteiger partial charge in [-0.25, -0.2) is 9.37 Å². The number of hydrogen-bond acceptors (Lipinski definition) is 12. The number of anilines is 6. The summed E-state index contributed by atoms with van der Waals surface area (Å²) < 4.78 is 37.6. The number of piperazine rings is 1. The molecule has 3 aliphatic heterocycles. The molecule has 14 nitrogen and oxygen atoms in total. The number of aryl methyl sites for hydroxylation is 1. The molecule has 1 atom stereocenters.